The van der Waals surface area contributed by atoms with Crippen LogP contribution < -0.4 is 5.73 Å². The van der Waals surface area contributed by atoms with Gasteiger partial charge in [-0.25, -0.2) is 13.8 Å². The Balaban J connectivity index is 3.54. The number of amides is 1. The van der Waals surface area contributed by atoms with Gasteiger partial charge in [-0.2, -0.15) is 0 Å². The van der Waals surface area contributed by atoms with Gasteiger partial charge < -0.3 is 5.73 Å². The van der Waals surface area contributed by atoms with Crippen molar-refractivity contribution in [2.75, 3.05) is 0 Å². The zero-order valence-corrected chi connectivity index (χ0v) is 9.07. The number of nitrogens with two attached hydrogens (primary N) is 1. The number of hydrogen-bond donors (Lipinski definition) is 1. The summed E-state index contributed by atoms with van der Waals surface area (Å²) in [5.41, 5.74) is 2.64. The molecule has 0 unspecified atom stereocenters. The third-order valence-electron chi connectivity index (χ3n) is 1.67. The maximum Gasteiger partial charge on any atom is 0.315 e. The molecule has 86 valence electrons. The fourth-order valence-electron chi connectivity index (χ4n) is 0.992. The van der Waals surface area contributed by atoms with E-state index in [1.165, 1.54) is 0 Å². The van der Waals surface area contributed by atoms with Crippen LogP contribution in [0.2, 0.25) is 0 Å². The van der Waals surface area contributed by atoms with E-state index < -0.39 is 38.7 Å². The molecule has 1 rings (SSSR count). The first-order valence-corrected chi connectivity index (χ1v) is 4.56. The van der Waals surface area contributed by atoms with Crippen LogP contribution in [0.15, 0.2) is 10.7 Å². The third kappa shape index (κ3) is 2.13. The number of nitro groups is 1. The lowest BCUT2D eigenvalue weighted by Crippen LogP contribution is -2.16. The number of pyridine rings is 1. The number of hydrogen-bond acceptors (Lipinski definition) is 4. The molecule has 1 amide bonds. The first-order valence-electron chi connectivity index (χ1n) is 3.77. The summed E-state index contributed by atoms with van der Waals surface area (Å²) in [7, 11) is 0. The van der Waals surface area contributed by atoms with Gasteiger partial charge >= 0.3 is 5.69 Å². The molecule has 2 N–H and O–H groups in total. The molecule has 0 saturated carbocycles. The van der Waals surface area contributed by atoms with Gasteiger partial charge in [0.1, 0.15) is 4.47 Å². The van der Waals surface area contributed by atoms with Crippen molar-refractivity contribution in [1.29, 1.82) is 0 Å². The average Bonchev–Trinajstić information content (AvgIpc) is 2.15. The van der Waals surface area contributed by atoms with Crippen molar-refractivity contribution in [2.24, 2.45) is 5.73 Å². The van der Waals surface area contributed by atoms with Crippen LogP contribution in [0.4, 0.5) is 14.5 Å². The molecule has 1 aromatic heterocycles. The summed E-state index contributed by atoms with van der Waals surface area (Å²) in [5, 5.41) is 10.6. The highest BCUT2D eigenvalue weighted by molar-refractivity contribution is 9.10. The summed E-state index contributed by atoms with van der Waals surface area (Å²) in [5.74, 6) is -1.16. The summed E-state index contributed by atoms with van der Waals surface area (Å²) < 4.78 is 24.3. The summed E-state index contributed by atoms with van der Waals surface area (Å²) >= 11 is 2.63. The zero-order valence-electron chi connectivity index (χ0n) is 7.49. The lowest BCUT2D eigenvalue weighted by atomic mass is 10.2. The number of rotatable bonds is 3. The smallest absolute Gasteiger partial charge is 0.315 e. The van der Waals surface area contributed by atoms with Gasteiger partial charge in [-0.3, -0.25) is 14.9 Å². The molecule has 0 aliphatic carbocycles. The van der Waals surface area contributed by atoms with Gasteiger partial charge in [-0.05, 0) is 15.9 Å². The second kappa shape index (κ2) is 4.47. The van der Waals surface area contributed by atoms with Crippen molar-refractivity contribution in [3.63, 3.8) is 0 Å². The highest BCUT2D eigenvalue weighted by Gasteiger charge is 2.28. The Morgan fingerprint density at radius 1 is 1.62 bits per heavy atom. The van der Waals surface area contributed by atoms with Gasteiger partial charge in [0.2, 0.25) is 5.69 Å². The first-order chi connectivity index (χ1) is 7.36. The molecule has 0 bridgehead atoms. The van der Waals surface area contributed by atoms with Crippen LogP contribution in [0.1, 0.15) is 22.5 Å². The van der Waals surface area contributed by atoms with Crippen molar-refractivity contribution in [2.45, 2.75) is 6.43 Å². The van der Waals surface area contributed by atoms with Gasteiger partial charge in [0, 0.05) is 6.20 Å². The van der Waals surface area contributed by atoms with E-state index in [1.807, 2.05) is 0 Å². The number of nitrogens with zero attached hydrogens (tertiary/aromatic N) is 2. The summed E-state index contributed by atoms with van der Waals surface area (Å²) in [6.45, 7) is 0. The second-order valence-corrected chi connectivity index (χ2v) is 3.44. The molecule has 0 aliphatic rings. The standard InChI is InChI=1S/C7H4BrF2N3O3/c8-3-2(6(9)10)1-12-4(7(11)14)5(3)13(15)16/h1,6H,(H2,11,14). The number of aromatic nitrogens is 1. The van der Waals surface area contributed by atoms with E-state index in [1.54, 1.807) is 0 Å². The minimum atomic E-state index is -2.94. The van der Waals surface area contributed by atoms with Crippen molar-refractivity contribution in [1.82, 2.24) is 4.98 Å². The van der Waals surface area contributed by atoms with Crippen molar-refractivity contribution < 1.29 is 18.5 Å². The van der Waals surface area contributed by atoms with Crippen LogP contribution in [0.25, 0.3) is 0 Å². The highest BCUT2D eigenvalue weighted by atomic mass is 79.9. The Morgan fingerprint density at radius 3 is 2.56 bits per heavy atom. The first kappa shape index (κ1) is 12.4. The molecule has 9 heteroatoms. The molecule has 0 saturated heterocycles. The van der Waals surface area contributed by atoms with Crippen LogP contribution in [-0.4, -0.2) is 15.8 Å². The minimum absolute atomic E-state index is 0.490. The quantitative estimate of drug-likeness (QED) is 0.678. The Labute approximate surface area is 95.7 Å². The van der Waals surface area contributed by atoms with Crippen LogP contribution in [0, 0.1) is 10.1 Å². The second-order valence-electron chi connectivity index (χ2n) is 2.65. The molecule has 0 aliphatic heterocycles. The molecule has 1 heterocycles. The van der Waals surface area contributed by atoms with Gasteiger partial charge in [0.25, 0.3) is 12.3 Å². The van der Waals surface area contributed by atoms with E-state index in [0.29, 0.717) is 6.20 Å². The molecule has 0 aromatic carbocycles. The Morgan fingerprint density at radius 2 is 2.19 bits per heavy atom. The van der Waals surface area contributed by atoms with E-state index in [9.17, 15) is 23.7 Å². The monoisotopic (exact) mass is 295 g/mol. The molecule has 16 heavy (non-hydrogen) atoms. The maximum atomic E-state index is 12.4. The third-order valence-corrected chi connectivity index (χ3v) is 2.50. The SMILES string of the molecule is NC(=O)c1ncc(C(F)F)c(Br)c1[N+](=O)[O-]. The number of primary amides is 1. The molecule has 0 atom stereocenters. The minimum Gasteiger partial charge on any atom is -0.364 e. The Hall–Kier alpha value is -1.64. The van der Waals surface area contributed by atoms with Crippen LogP contribution in [0.5, 0.6) is 0 Å². The maximum absolute atomic E-state index is 12.4. The van der Waals surface area contributed by atoms with Crippen molar-refractivity contribution in [3.8, 4) is 0 Å². The highest BCUT2D eigenvalue weighted by Crippen LogP contribution is 2.35. The van der Waals surface area contributed by atoms with Crippen LogP contribution in [0.3, 0.4) is 0 Å². The topological polar surface area (TPSA) is 99.1 Å². The van der Waals surface area contributed by atoms with Crippen molar-refractivity contribution >= 4 is 27.5 Å². The van der Waals surface area contributed by atoms with E-state index >= 15 is 0 Å². The summed E-state index contributed by atoms with van der Waals surface area (Å²) in [4.78, 5) is 23.7. The normalized spacial score (nSPS) is 10.5. The zero-order chi connectivity index (χ0) is 12.5. The van der Waals surface area contributed by atoms with E-state index in [-0.39, 0.29) is 0 Å². The molecular formula is C7H4BrF2N3O3. The number of carbonyl (C=O) groups excluding carboxylic acids is 1. The molecular weight excluding hydrogens is 292 g/mol. The lowest BCUT2D eigenvalue weighted by molar-refractivity contribution is -0.386. The lowest BCUT2D eigenvalue weighted by Gasteiger charge is -2.05. The number of carbonyl (C=O) groups is 1. The van der Waals surface area contributed by atoms with Gasteiger partial charge in [-0.1, -0.05) is 0 Å². The molecule has 0 spiro atoms. The van der Waals surface area contributed by atoms with E-state index in [0.717, 1.165) is 0 Å². The fourth-order valence-corrected chi connectivity index (χ4v) is 1.60. The van der Waals surface area contributed by atoms with Gasteiger partial charge in [-0.15, -0.1) is 0 Å². The van der Waals surface area contributed by atoms with E-state index in [2.05, 4.69) is 20.9 Å². The molecule has 6 nitrogen and oxygen atoms in total. The molecule has 0 fully saturated rings. The number of halogens is 3. The number of alkyl halides is 2. The average molecular weight is 296 g/mol. The van der Waals surface area contributed by atoms with Gasteiger partial charge in [0.15, 0.2) is 0 Å². The predicted molar refractivity (Wildman–Crippen MR) is 52.1 cm³/mol. The predicted octanol–water partition coefficient (Wildman–Crippen LogP) is 1.79. The van der Waals surface area contributed by atoms with Crippen LogP contribution in [-0.2, 0) is 0 Å². The van der Waals surface area contributed by atoms with Crippen molar-refractivity contribution in [3.05, 3.63) is 32.0 Å². The Kier molecular flexibility index (Phi) is 3.48. The largest absolute Gasteiger partial charge is 0.364 e. The Bertz CT molecular complexity index is 466. The van der Waals surface area contributed by atoms with E-state index in [4.69, 9.17) is 5.73 Å². The summed E-state index contributed by atoms with van der Waals surface area (Å²) in [6, 6.07) is 0. The van der Waals surface area contributed by atoms with Gasteiger partial charge in [0.05, 0.1) is 10.5 Å². The van der Waals surface area contributed by atoms with Crippen LogP contribution >= 0.6 is 15.9 Å². The fraction of sp³-hybridized carbons (Fsp3) is 0.143. The summed E-state index contributed by atoms with van der Waals surface area (Å²) in [6.07, 6.45) is -2.27. The molecule has 0 radical (unpaired) electrons. The molecule has 1 aromatic rings.